The fourth-order valence-electron chi connectivity index (χ4n) is 4.46. The molecule has 108 valence electrons. The molecule has 1 N–H and O–H groups in total. The molecule has 0 aromatic heterocycles. The fraction of sp³-hybridized carbons (Fsp3) is 1.00. The molecule has 2 heterocycles. The Kier molecular flexibility index (Phi) is 2.78. The zero-order valence-electron chi connectivity index (χ0n) is 12.5. The van der Waals surface area contributed by atoms with Crippen LogP contribution in [0.25, 0.3) is 0 Å². The van der Waals surface area contributed by atoms with Crippen LogP contribution in [-0.4, -0.2) is 48.3 Å². The first-order valence-corrected chi connectivity index (χ1v) is 8.21. The van der Waals surface area contributed by atoms with E-state index in [0.29, 0.717) is 17.1 Å². The first-order valence-electron chi connectivity index (χ1n) is 8.21. The molecule has 4 fully saturated rings. The van der Waals surface area contributed by atoms with Crippen molar-refractivity contribution in [2.75, 3.05) is 26.3 Å². The number of nitrogens with one attached hydrogen (secondary N) is 1. The number of nitrogens with zero attached hydrogens (tertiary/aromatic N) is 1. The van der Waals surface area contributed by atoms with Gasteiger partial charge >= 0.3 is 0 Å². The second-order valence-electron chi connectivity index (χ2n) is 7.82. The molecule has 3 heteroatoms. The van der Waals surface area contributed by atoms with Gasteiger partial charge < -0.3 is 10.1 Å². The van der Waals surface area contributed by atoms with Crippen molar-refractivity contribution in [2.45, 2.75) is 63.1 Å². The molecule has 0 aromatic carbocycles. The Morgan fingerprint density at radius 2 is 1.79 bits per heavy atom. The maximum Gasteiger partial charge on any atom is 0.0622 e. The van der Waals surface area contributed by atoms with E-state index in [2.05, 4.69) is 24.1 Å². The van der Waals surface area contributed by atoms with Crippen molar-refractivity contribution in [3.8, 4) is 0 Å². The van der Waals surface area contributed by atoms with E-state index in [4.69, 9.17) is 4.74 Å². The fourth-order valence-corrected chi connectivity index (χ4v) is 4.46. The van der Waals surface area contributed by atoms with E-state index in [9.17, 15) is 0 Å². The average molecular weight is 264 g/mol. The predicted molar refractivity (Wildman–Crippen MR) is 76.2 cm³/mol. The predicted octanol–water partition coefficient (Wildman–Crippen LogP) is 2.02. The minimum absolute atomic E-state index is 0.358. The first kappa shape index (κ1) is 12.6. The highest BCUT2D eigenvalue weighted by molar-refractivity contribution is 5.13. The third kappa shape index (κ3) is 2.05. The number of hydrogen-bond acceptors (Lipinski definition) is 3. The summed E-state index contributed by atoms with van der Waals surface area (Å²) in [7, 11) is 0. The average Bonchev–Trinajstić information content (AvgIpc) is 3.30. The number of piperazine rings is 1. The minimum atomic E-state index is 0.358. The van der Waals surface area contributed by atoms with Crippen LogP contribution in [0.1, 0.15) is 46.0 Å². The van der Waals surface area contributed by atoms with E-state index < -0.39 is 0 Å². The van der Waals surface area contributed by atoms with Crippen LogP contribution < -0.4 is 5.32 Å². The molecule has 0 spiro atoms. The second-order valence-corrected chi connectivity index (χ2v) is 7.82. The van der Waals surface area contributed by atoms with Gasteiger partial charge in [-0.15, -0.1) is 0 Å². The van der Waals surface area contributed by atoms with Crippen LogP contribution in [-0.2, 0) is 4.74 Å². The van der Waals surface area contributed by atoms with E-state index in [1.165, 1.54) is 45.2 Å². The monoisotopic (exact) mass is 264 g/mol. The van der Waals surface area contributed by atoms with Crippen molar-refractivity contribution in [3.63, 3.8) is 0 Å². The Morgan fingerprint density at radius 1 is 1.05 bits per heavy atom. The summed E-state index contributed by atoms with van der Waals surface area (Å²) in [4.78, 5) is 2.85. The highest BCUT2D eigenvalue weighted by Gasteiger charge is 2.55. The molecule has 0 radical (unpaired) electrons. The Labute approximate surface area is 117 Å². The molecular formula is C16H28N2O. The maximum absolute atomic E-state index is 5.69. The van der Waals surface area contributed by atoms with E-state index in [-0.39, 0.29) is 0 Å². The van der Waals surface area contributed by atoms with E-state index in [1.807, 2.05) is 0 Å². The Balaban J connectivity index is 1.58. The van der Waals surface area contributed by atoms with Gasteiger partial charge in [-0.2, -0.15) is 0 Å². The van der Waals surface area contributed by atoms with Crippen LogP contribution in [0.4, 0.5) is 0 Å². The molecule has 2 aliphatic heterocycles. The van der Waals surface area contributed by atoms with Crippen LogP contribution in [0.15, 0.2) is 0 Å². The summed E-state index contributed by atoms with van der Waals surface area (Å²) in [6.45, 7) is 9.31. The van der Waals surface area contributed by atoms with Crippen LogP contribution in [0, 0.1) is 11.8 Å². The summed E-state index contributed by atoms with van der Waals surface area (Å²) < 4.78 is 5.69. The van der Waals surface area contributed by atoms with Gasteiger partial charge in [0.25, 0.3) is 0 Å². The maximum atomic E-state index is 5.69. The second kappa shape index (κ2) is 4.19. The lowest BCUT2D eigenvalue weighted by Gasteiger charge is -2.55. The van der Waals surface area contributed by atoms with Crippen molar-refractivity contribution >= 4 is 0 Å². The molecule has 3 atom stereocenters. The lowest BCUT2D eigenvalue weighted by Crippen LogP contribution is -2.71. The zero-order chi connectivity index (χ0) is 13.1. The summed E-state index contributed by atoms with van der Waals surface area (Å²) in [5.41, 5.74) is 0.740. The molecule has 2 aliphatic carbocycles. The molecule has 4 rings (SSSR count). The van der Waals surface area contributed by atoms with Crippen molar-refractivity contribution in [1.82, 2.24) is 10.2 Å². The van der Waals surface area contributed by atoms with Gasteiger partial charge in [0.2, 0.25) is 0 Å². The molecule has 2 saturated heterocycles. The molecule has 0 aromatic rings. The Morgan fingerprint density at radius 3 is 2.37 bits per heavy atom. The summed E-state index contributed by atoms with van der Waals surface area (Å²) >= 11 is 0. The van der Waals surface area contributed by atoms with Crippen molar-refractivity contribution in [1.29, 1.82) is 0 Å². The molecular weight excluding hydrogens is 236 g/mol. The van der Waals surface area contributed by atoms with E-state index in [0.717, 1.165) is 25.0 Å². The van der Waals surface area contributed by atoms with Crippen LogP contribution in [0.2, 0.25) is 0 Å². The highest BCUT2D eigenvalue weighted by atomic mass is 16.5. The summed E-state index contributed by atoms with van der Waals surface area (Å²) in [5, 5.41) is 3.94. The van der Waals surface area contributed by atoms with E-state index in [1.54, 1.807) is 0 Å². The summed E-state index contributed by atoms with van der Waals surface area (Å²) in [6, 6.07) is 0.672. The first-order chi connectivity index (χ1) is 9.12. The Hall–Kier alpha value is -0.120. The highest BCUT2D eigenvalue weighted by Crippen LogP contribution is 2.49. The molecule has 2 saturated carbocycles. The quantitative estimate of drug-likeness (QED) is 0.844. The van der Waals surface area contributed by atoms with Crippen LogP contribution in [0.5, 0.6) is 0 Å². The topological polar surface area (TPSA) is 24.5 Å². The molecule has 3 unspecified atom stereocenters. The number of ether oxygens (including phenoxy) is 1. The van der Waals surface area contributed by atoms with Gasteiger partial charge in [-0.05, 0) is 57.8 Å². The van der Waals surface area contributed by atoms with E-state index >= 15 is 0 Å². The van der Waals surface area contributed by atoms with Gasteiger partial charge in [-0.25, -0.2) is 0 Å². The smallest absolute Gasteiger partial charge is 0.0622 e. The third-order valence-electron chi connectivity index (χ3n) is 6.29. The van der Waals surface area contributed by atoms with Gasteiger partial charge in [0.1, 0.15) is 0 Å². The standard InChI is InChI=1S/C16H28N2O/c1-15(12-3-4-12)11-18(14-7-8-19-9-14)16(2,10-17-15)13-5-6-13/h12-14,17H,3-11H2,1-2H3. The third-order valence-corrected chi connectivity index (χ3v) is 6.29. The van der Waals surface area contributed by atoms with Gasteiger partial charge in [0.15, 0.2) is 0 Å². The minimum Gasteiger partial charge on any atom is -0.380 e. The number of rotatable bonds is 3. The zero-order valence-corrected chi connectivity index (χ0v) is 12.5. The molecule has 0 amide bonds. The molecule has 4 aliphatic rings. The van der Waals surface area contributed by atoms with Crippen LogP contribution in [0.3, 0.4) is 0 Å². The van der Waals surface area contributed by atoms with Crippen LogP contribution >= 0.6 is 0 Å². The normalized spacial score (nSPS) is 48.6. The van der Waals surface area contributed by atoms with Gasteiger partial charge in [-0.1, -0.05) is 0 Å². The molecule has 19 heavy (non-hydrogen) atoms. The summed E-state index contributed by atoms with van der Waals surface area (Å²) in [6.07, 6.45) is 6.96. The van der Waals surface area contributed by atoms with Gasteiger partial charge in [0, 0.05) is 36.8 Å². The largest absolute Gasteiger partial charge is 0.380 e. The van der Waals surface area contributed by atoms with Crippen molar-refractivity contribution in [2.24, 2.45) is 11.8 Å². The van der Waals surface area contributed by atoms with Crippen molar-refractivity contribution in [3.05, 3.63) is 0 Å². The van der Waals surface area contributed by atoms with Crippen molar-refractivity contribution < 1.29 is 4.74 Å². The summed E-state index contributed by atoms with van der Waals surface area (Å²) in [5.74, 6) is 1.84. The lowest BCUT2D eigenvalue weighted by molar-refractivity contribution is -0.0337. The van der Waals surface area contributed by atoms with Gasteiger partial charge in [0.05, 0.1) is 6.61 Å². The number of hydrogen-bond donors (Lipinski definition) is 1. The lowest BCUT2D eigenvalue weighted by atomic mass is 9.81. The SMILES string of the molecule is CC1(C2CC2)CN(C2CCOC2)C(C)(C2CC2)CN1. The molecule has 3 nitrogen and oxygen atoms in total. The Bertz CT molecular complexity index is 360. The van der Waals surface area contributed by atoms with Gasteiger partial charge in [-0.3, -0.25) is 4.90 Å². The molecule has 0 bridgehead atoms.